The number of aromatic nitrogens is 1. The summed E-state index contributed by atoms with van der Waals surface area (Å²) in [6.07, 6.45) is -3.73. The Balaban J connectivity index is 2.34. The summed E-state index contributed by atoms with van der Waals surface area (Å²) in [5.74, 6) is -1.04. The van der Waals surface area contributed by atoms with Crippen molar-refractivity contribution in [1.29, 1.82) is 0 Å². The molecule has 0 fully saturated rings. The van der Waals surface area contributed by atoms with Gasteiger partial charge in [0, 0.05) is 12.6 Å². The lowest BCUT2D eigenvalue weighted by atomic mass is 10.0. The van der Waals surface area contributed by atoms with E-state index in [-0.39, 0.29) is 36.3 Å². The highest BCUT2D eigenvalue weighted by molar-refractivity contribution is 7.90. The minimum atomic E-state index is -4.68. The number of sulfonamides is 1. The first-order valence-corrected chi connectivity index (χ1v) is 9.85. The molecule has 0 aliphatic rings. The first-order valence-electron chi connectivity index (χ1n) is 8.31. The van der Waals surface area contributed by atoms with Crippen molar-refractivity contribution < 1.29 is 36.3 Å². The van der Waals surface area contributed by atoms with E-state index in [1.54, 1.807) is 0 Å². The normalized spacial score (nSPS) is 13.0. The highest BCUT2D eigenvalue weighted by atomic mass is 32.2. The maximum atomic E-state index is 13.0. The van der Waals surface area contributed by atoms with Crippen molar-refractivity contribution in [3.63, 3.8) is 0 Å². The minimum absolute atomic E-state index is 0.121. The third-order valence-corrected chi connectivity index (χ3v) is 5.72. The van der Waals surface area contributed by atoms with Crippen LogP contribution in [0.1, 0.15) is 45.3 Å². The van der Waals surface area contributed by atoms with Crippen molar-refractivity contribution in [1.82, 2.24) is 9.71 Å². The smallest absolute Gasteiger partial charge is 0.390 e. The van der Waals surface area contributed by atoms with E-state index < -0.39 is 32.9 Å². The predicted octanol–water partition coefficient (Wildman–Crippen LogP) is 2.37. The van der Waals surface area contributed by atoms with Crippen LogP contribution in [0.2, 0.25) is 0 Å². The number of rotatable bonds is 8. The molecule has 0 spiro atoms. The molecular weight excluding hydrogens is 413 g/mol. The SMILES string of the molecule is O=CCCC(c1cccc(C(F)(F)F)c1)S(=O)(=O)NC(=O)c1ccc(CO)nc1. The van der Waals surface area contributed by atoms with Gasteiger partial charge in [-0.3, -0.25) is 9.78 Å². The molecule has 0 radical (unpaired) electrons. The molecule has 1 amide bonds. The van der Waals surface area contributed by atoms with Crippen molar-refractivity contribution in [2.24, 2.45) is 0 Å². The number of alkyl halides is 3. The molecule has 2 rings (SSSR count). The molecule has 1 atom stereocenters. The number of halogens is 3. The number of benzene rings is 1. The first kappa shape index (κ1) is 22.5. The summed E-state index contributed by atoms with van der Waals surface area (Å²) < 4.78 is 66.2. The number of carbonyl (C=O) groups excluding carboxylic acids is 2. The fourth-order valence-corrected chi connectivity index (χ4v) is 4.02. The third kappa shape index (κ3) is 5.84. The number of pyridine rings is 1. The summed E-state index contributed by atoms with van der Waals surface area (Å²) in [7, 11) is -4.48. The lowest BCUT2D eigenvalue weighted by Gasteiger charge is -2.19. The van der Waals surface area contributed by atoms with Crippen LogP contribution in [0.15, 0.2) is 42.6 Å². The Morgan fingerprint density at radius 3 is 2.52 bits per heavy atom. The largest absolute Gasteiger partial charge is 0.416 e. The van der Waals surface area contributed by atoms with Gasteiger partial charge in [0.15, 0.2) is 0 Å². The van der Waals surface area contributed by atoms with Crippen LogP contribution in [0.3, 0.4) is 0 Å². The number of hydrogen-bond acceptors (Lipinski definition) is 6. The number of hydrogen-bond donors (Lipinski definition) is 2. The number of aliphatic hydroxyl groups excluding tert-OH is 1. The topological polar surface area (TPSA) is 113 Å². The van der Waals surface area contributed by atoms with E-state index in [1.807, 2.05) is 4.72 Å². The lowest BCUT2D eigenvalue weighted by Crippen LogP contribution is -2.34. The molecule has 1 aromatic heterocycles. The summed E-state index contributed by atoms with van der Waals surface area (Å²) in [6.45, 7) is -0.372. The van der Waals surface area contributed by atoms with Gasteiger partial charge in [-0.25, -0.2) is 13.1 Å². The van der Waals surface area contributed by atoms with E-state index >= 15 is 0 Å². The Bertz CT molecular complexity index is 976. The monoisotopic (exact) mass is 430 g/mol. The Labute approximate surface area is 164 Å². The summed E-state index contributed by atoms with van der Waals surface area (Å²) in [4.78, 5) is 26.7. The van der Waals surface area contributed by atoms with Crippen LogP contribution < -0.4 is 4.72 Å². The number of aliphatic hydroxyl groups is 1. The van der Waals surface area contributed by atoms with Crippen LogP contribution >= 0.6 is 0 Å². The number of aldehydes is 1. The second-order valence-corrected chi connectivity index (χ2v) is 7.89. The van der Waals surface area contributed by atoms with Gasteiger partial charge in [0.25, 0.3) is 5.91 Å². The van der Waals surface area contributed by atoms with Crippen LogP contribution in [0, 0.1) is 0 Å². The molecule has 1 aromatic carbocycles. The van der Waals surface area contributed by atoms with Crippen molar-refractivity contribution in [2.75, 3.05) is 0 Å². The van der Waals surface area contributed by atoms with E-state index in [0.717, 1.165) is 18.3 Å². The standard InChI is InChI=1S/C18H17F3N2O5S/c19-18(20,21)14-4-1-3-12(9-14)16(5-2-8-24)29(27,28)23-17(26)13-6-7-15(11-25)22-10-13/h1,3-4,6-10,16,25H,2,5,11H2,(H,23,26). The van der Waals surface area contributed by atoms with Gasteiger partial charge < -0.3 is 9.90 Å². The summed E-state index contributed by atoms with van der Waals surface area (Å²) >= 11 is 0. The minimum Gasteiger partial charge on any atom is -0.390 e. The van der Waals surface area contributed by atoms with Crippen molar-refractivity contribution in [3.05, 3.63) is 65.0 Å². The molecule has 11 heteroatoms. The summed E-state index contributed by atoms with van der Waals surface area (Å²) in [5, 5.41) is 7.39. The molecule has 2 aromatic rings. The molecule has 2 N–H and O–H groups in total. The molecule has 0 aliphatic heterocycles. The van der Waals surface area contributed by atoms with Crippen LogP contribution in [-0.2, 0) is 27.6 Å². The van der Waals surface area contributed by atoms with Gasteiger partial charge in [0.1, 0.15) is 11.5 Å². The van der Waals surface area contributed by atoms with Crippen LogP contribution in [0.25, 0.3) is 0 Å². The summed E-state index contributed by atoms with van der Waals surface area (Å²) in [6, 6.07) is 6.27. The molecule has 0 bridgehead atoms. The van der Waals surface area contributed by atoms with Crippen molar-refractivity contribution in [3.8, 4) is 0 Å². The summed E-state index contributed by atoms with van der Waals surface area (Å²) in [5.41, 5.74) is -1.10. The molecule has 7 nitrogen and oxygen atoms in total. The highest BCUT2D eigenvalue weighted by Gasteiger charge is 2.34. The van der Waals surface area contributed by atoms with Gasteiger partial charge in [0.05, 0.1) is 23.4 Å². The van der Waals surface area contributed by atoms with Crippen LogP contribution in [0.5, 0.6) is 0 Å². The van der Waals surface area contributed by atoms with E-state index in [0.29, 0.717) is 12.4 Å². The van der Waals surface area contributed by atoms with Gasteiger partial charge in [-0.15, -0.1) is 0 Å². The zero-order valence-electron chi connectivity index (χ0n) is 14.9. The molecule has 0 aliphatic carbocycles. The van der Waals surface area contributed by atoms with Crippen molar-refractivity contribution >= 4 is 22.2 Å². The zero-order chi connectivity index (χ0) is 21.7. The Morgan fingerprint density at radius 2 is 1.97 bits per heavy atom. The van der Waals surface area contributed by atoms with Gasteiger partial charge in [0.2, 0.25) is 10.0 Å². The van der Waals surface area contributed by atoms with Crippen LogP contribution in [0.4, 0.5) is 13.2 Å². The van der Waals surface area contributed by atoms with E-state index in [1.165, 1.54) is 18.2 Å². The number of nitrogens with zero attached hydrogens (tertiary/aromatic N) is 1. The number of carbonyl (C=O) groups is 2. The second kappa shape index (κ2) is 9.14. The average molecular weight is 430 g/mol. The number of nitrogens with one attached hydrogen (secondary N) is 1. The van der Waals surface area contributed by atoms with Crippen molar-refractivity contribution in [2.45, 2.75) is 30.9 Å². The Morgan fingerprint density at radius 1 is 1.24 bits per heavy atom. The van der Waals surface area contributed by atoms with E-state index in [2.05, 4.69) is 4.98 Å². The van der Waals surface area contributed by atoms with Crippen LogP contribution in [-0.4, -0.2) is 30.7 Å². The molecule has 0 saturated heterocycles. The van der Waals surface area contributed by atoms with Gasteiger partial charge >= 0.3 is 6.18 Å². The first-order chi connectivity index (χ1) is 13.6. The Hall–Kier alpha value is -2.79. The van der Waals surface area contributed by atoms with E-state index in [9.17, 15) is 31.2 Å². The molecule has 1 heterocycles. The van der Waals surface area contributed by atoms with E-state index in [4.69, 9.17) is 5.11 Å². The highest BCUT2D eigenvalue weighted by Crippen LogP contribution is 2.33. The fourth-order valence-electron chi connectivity index (χ4n) is 2.55. The predicted molar refractivity (Wildman–Crippen MR) is 96.0 cm³/mol. The molecule has 0 saturated carbocycles. The third-order valence-electron chi connectivity index (χ3n) is 3.99. The molecule has 29 heavy (non-hydrogen) atoms. The zero-order valence-corrected chi connectivity index (χ0v) is 15.7. The fraction of sp³-hybridized carbons (Fsp3) is 0.278. The molecular formula is C18H17F3N2O5S. The molecule has 156 valence electrons. The maximum absolute atomic E-state index is 13.0. The molecule has 1 unspecified atom stereocenters. The Kier molecular flexibility index (Phi) is 7.09. The van der Waals surface area contributed by atoms with Gasteiger partial charge in [-0.1, -0.05) is 18.2 Å². The average Bonchev–Trinajstić information content (AvgIpc) is 2.67. The second-order valence-electron chi connectivity index (χ2n) is 6.03. The van der Waals surface area contributed by atoms with Gasteiger partial charge in [-0.2, -0.15) is 13.2 Å². The van der Waals surface area contributed by atoms with Gasteiger partial charge in [-0.05, 0) is 30.2 Å². The quantitative estimate of drug-likeness (QED) is 0.622. The maximum Gasteiger partial charge on any atom is 0.416 e. The lowest BCUT2D eigenvalue weighted by molar-refractivity contribution is -0.137. The number of amides is 1.